The lowest BCUT2D eigenvalue weighted by Gasteiger charge is -2.41. The van der Waals surface area contributed by atoms with E-state index in [2.05, 4.69) is 4.72 Å². The molecule has 2 aromatic carbocycles. The SMILES string of the molecule is COc1ccccc1S(=O)(=O)NCC(=O)N1[C@@H]2CC[C@H]1C[C@H]([C@H](N)Cc1cc(F)c(F)cc1F)C2.O=C(O)/C=C\C(=O)O. The number of hydrogen-bond donors (Lipinski definition) is 4. The lowest BCUT2D eigenvalue weighted by atomic mass is 9.82. The molecule has 2 aliphatic rings. The van der Waals surface area contributed by atoms with Gasteiger partial charge in [-0.15, -0.1) is 0 Å². The number of hydrogen-bond acceptors (Lipinski definition) is 7. The molecule has 15 heteroatoms. The molecule has 2 fully saturated rings. The van der Waals surface area contributed by atoms with Crippen molar-refractivity contribution in [2.24, 2.45) is 11.7 Å². The summed E-state index contributed by atoms with van der Waals surface area (Å²) in [4.78, 5) is 33.8. The first-order valence-corrected chi connectivity index (χ1v) is 14.7. The Balaban J connectivity index is 0.000000557. The van der Waals surface area contributed by atoms with Crippen molar-refractivity contribution in [1.82, 2.24) is 9.62 Å². The fourth-order valence-electron chi connectivity index (χ4n) is 5.43. The Labute approximate surface area is 246 Å². The lowest BCUT2D eigenvalue weighted by Crippen LogP contribution is -2.52. The van der Waals surface area contributed by atoms with E-state index >= 15 is 0 Å². The van der Waals surface area contributed by atoms with Gasteiger partial charge in [0, 0.05) is 36.3 Å². The molecule has 2 saturated heterocycles. The highest BCUT2D eigenvalue weighted by molar-refractivity contribution is 7.89. The molecule has 43 heavy (non-hydrogen) atoms. The van der Waals surface area contributed by atoms with Crippen molar-refractivity contribution in [2.45, 2.75) is 55.1 Å². The highest BCUT2D eigenvalue weighted by Gasteiger charge is 2.44. The number of carboxylic acids is 2. The smallest absolute Gasteiger partial charge is 0.328 e. The van der Waals surface area contributed by atoms with E-state index in [1.54, 1.807) is 17.0 Å². The molecule has 234 valence electrons. The number of rotatable bonds is 10. The number of methoxy groups -OCH3 is 1. The maximum Gasteiger partial charge on any atom is 0.328 e. The maximum absolute atomic E-state index is 14.1. The van der Waals surface area contributed by atoms with Crippen molar-refractivity contribution >= 4 is 27.9 Å². The number of piperidine rings is 1. The van der Waals surface area contributed by atoms with E-state index in [0.717, 1.165) is 18.9 Å². The van der Waals surface area contributed by atoms with Crippen molar-refractivity contribution in [2.75, 3.05) is 13.7 Å². The highest BCUT2D eigenvalue weighted by Crippen LogP contribution is 2.40. The van der Waals surface area contributed by atoms with E-state index in [1.165, 1.54) is 19.2 Å². The second kappa shape index (κ2) is 14.5. The van der Waals surface area contributed by atoms with Crippen LogP contribution in [0.25, 0.3) is 0 Å². The largest absolute Gasteiger partial charge is 0.495 e. The van der Waals surface area contributed by atoms with Gasteiger partial charge in [-0.05, 0) is 61.8 Å². The van der Waals surface area contributed by atoms with E-state index in [0.29, 0.717) is 31.1 Å². The molecule has 2 aromatic rings. The maximum atomic E-state index is 14.1. The Hall–Kier alpha value is -3.95. The zero-order chi connectivity index (χ0) is 31.9. The Kier molecular flexibility index (Phi) is 11.3. The van der Waals surface area contributed by atoms with Crippen LogP contribution >= 0.6 is 0 Å². The number of nitrogens with zero attached hydrogens (tertiary/aromatic N) is 1. The molecule has 0 aliphatic carbocycles. The second-order valence-electron chi connectivity index (χ2n) is 10.1. The number of halogens is 3. The summed E-state index contributed by atoms with van der Waals surface area (Å²) in [5.41, 5.74) is 6.35. The topological polar surface area (TPSA) is 176 Å². The number of carbonyl (C=O) groups is 3. The number of fused-ring (bicyclic) bond motifs is 2. The van der Waals surface area contributed by atoms with Gasteiger partial charge in [-0.25, -0.2) is 35.9 Å². The third kappa shape index (κ3) is 8.78. The van der Waals surface area contributed by atoms with Gasteiger partial charge in [0.2, 0.25) is 15.9 Å². The van der Waals surface area contributed by atoms with Gasteiger partial charge in [-0.1, -0.05) is 12.1 Å². The number of nitrogens with two attached hydrogens (primary N) is 1. The molecule has 11 nitrogen and oxygen atoms in total. The minimum atomic E-state index is -3.96. The van der Waals surface area contributed by atoms with Gasteiger partial charge in [0.25, 0.3) is 0 Å². The predicted molar refractivity (Wildman–Crippen MR) is 147 cm³/mol. The predicted octanol–water partition coefficient (Wildman–Crippen LogP) is 2.44. The van der Waals surface area contributed by atoms with E-state index in [4.69, 9.17) is 20.7 Å². The van der Waals surface area contributed by atoms with Crippen LogP contribution in [-0.2, 0) is 30.8 Å². The minimum absolute atomic E-state index is 0.0213. The average Bonchev–Trinajstić information content (AvgIpc) is 3.22. The quantitative estimate of drug-likeness (QED) is 0.228. The number of ether oxygens (including phenoxy) is 1. The first-order valence-electron chi connectivity index (χ1n) is 13.2. The molecule has 0 radical (unpaired) electrons. The van der Waals surface area contributed by atoms with Crippen molar-refractivity contribution in [3.63, 3.8) is 0 Å². The zero-order valence-corrected chi connectivity index (χ0v) is 23.9. The standard InChI is InChI=1S/C24H28F3N3O4S.C4H4O4/c1-34-22-4-2-3-5-23(22)35(32,33)29-13-24(31)30-16-6-7-17(30)9-15(8-16)21(28)11-14-10-19(26)20(27)12-18(14)25;5-3(6)1-2-4(7)8/h2-5,10,12,15-17,21,29H,6-9,11,13,28H2,1H3;1-2H,(H,5,6)(H,7,8)/b;2-1-/t15-,16-,17+,21-;/m1./s1. The van der Waals surface area contributed by atoms with Crippen molar-refractivity contribution in [3.8, 4) is 5.75 Å². The average molecular weight is 628 g/mol. The first-order chi connectivity index (χ1) is 20.2. The molecule has 1 amide bonds. The summed E-state index contributed by atoms with van der Waals surface area (Å²) in [5, 5.41) is 15.6. The van der Waals surface area contributed by atoms with Gasteiger partial charge < -0.3 is 25.6 Å². The molecule has 0 spiro atoms. The van der Waals surface area contributed by atoms with Gasteiger partial charge in [-0.3, -0.25) is 4.79 Å². The molecule has 0 saturated carbocycles. The van der Waals surface area contributed by atoms with Crippen LogP contribution in [0.2, 0.25) is 0 Å². The summed E-state index contributed by atoms with van der Waals surface area (Å²) in [7, 11) is -2.59. The van der Waals surface area contributed by atoms with Gasteiger partial charge >= 0.3 is 11.9 Å². The fourth-order valence-corrected chi connectivity index (χ4v) is 6.57. The molecular weight excluding hydrogens is 595 g/mol. The number of amides is 1. The number of carboxylic acid groups (broad SMARTS) is 2. The van der Waals surface area contributed by atoms with Crippen LogP contribution in [0.15, 0.2) is 53.4 Å². The monoisotopic (exact) mass is 627 g/mol. The molecule has 2 aliphatic heterocycles. The molecule has 2 heterocycles. The van der Waals surface area contributed by atoms with Crippen LogP contribution in [0.3, 0.4) is 0 Å². The number of nitrogens with one attached hydrogen (secondary N) is 1. The molecular formula is C28H32F3N3O8S. The summed E-state index contributed by atoms with van der Waals surface area (Å²) in [6.45, 7) is -0.385. The van der Waals surface area contributed by atoms with Gasteiger partial charge in [-0.2, -0.15) is 0 Å². The number of para-hydroxylation sites is 1. The van der Waals surface area contributed by atoms with Crippen LogP contribution in [0.4, 0.5) is 13.2 Å². The molecule has 0 aromatic heterocycles. The Bertz CT molecular complexity index is 1460. The summed E-state index contributed by atoms with van der Waals surface area (Å²) in [5.74, 6) is -5.89. The van der Waals surface area contributed by atoms with Crippen molar-refractivity contribution in [3.05, 3.63) is 71.6 Å². The van der Waals surface area contributed by atoms with E-state index < -0.39 is 45.5 Å². The third-order valence-electron chi connectivity index (χ3n) is 7.35. The van der Waals surface area contributed by atoms with Crippen molar-refractivity contribution in [1.29, 1.82) is 0 Å². The van der Waals surface area contributed by atoms with Gasteiger partial charge in [0.15, 0.2) is 11.6 Å². The number of benzene rings is 2. The highest BCUT2D eigenvalue weighted by atomic mass is 32.2. The van der Waals surface area contributed by atoms with Crippen LogP contribution in [0.1, 0.15) is 31.2 Å². The summed E-state index contributed by atoms with van der Waals surface area (Å²) >= 11 is 0. The van der Waals surface area contributed by atoms with Crippen LogP contribution < -0.4 is 15.2 Å². The van der Waals surface area contributed by atoms with E-state index in [9.17, 15) is 36.0 Å². The lowest BCUT2D eigenvalue weighted by molar-refractivity contribution is -0.135. The number of carbonyl (C=O) groups excluding carboxylic acids is 1. The van der Waals surface area contributed by atoms with Crippen LogP contribution in [0.5, 0.6) is 5.75 Å². The number of aliphatic carboxylic acids is 2. The molecule has 4 atom stereocenters. The van der Waals surface area contributed by atoms with E-state index in [1.807, 2.05) is 0 Å². The summed E-state index contributed by atoms with van der Waals surface area (Å²) < 4.78 is 73.7. The normalized spacial score (nSPS) is 20.3. The zero-order valence-electron chi connectivity index (χ0n) is 23.1. The molecule has 5 N–H and O–H groups in total. The summed E-state index contributed by atoms with van der Waals surface area (Å²) in [6, 6.07) is 6.80. The number of sulfonamides is 1. The van der Waals surface area contributed by atoms with Gasteiger partial charge in [0.05, 0.1) is 13.7 Å². The van der Waals surface area contributed by atoms with E-state index in [-0.39, 0.29) is 53.1 Å². The molecule has 2 bridgehead atoms. The van der Waals surface area contributed by atoms with Gasteiger partial charge in [0.1, 0.15) is 16.5 Å². The van der Waals surface area contributed by atoms with Crippen molar-refractivity contribution < 1.29 is 50.9 Å². The summed E-state index contributed by atoms with van der Waals surface area (Å²) in [6.07, 6.45) is 3.85. The first kappa shape index (κ1) is 33.6. The Morgan fingerprint density at radius 2 is 1.58 bits per heavy atom. The molecule has 0 unspecified atom stereocenters. The van der Waals surface area contributed by atoms with Crippen LogP contribution in [0, 0.1) is 23.4 Å². The Morgan fingerprint density at radius 3 is 2.14 bits per heavy atom. The fraction of sp³-hybridized carbons (Fsp3) is 0.393. The minimum Gasteiger partial charge on any atom is -0.495 e. The molecule has 4 rings (SSSR count). The van der Waals surface area contributed by atoms with Crippen LogP contribution in [-0.4, -0.2) is 73.2 Å². The Morgan fingerprint density at radius 1 is 1.02 bits per heavy atom. The second-order valence-corrected chi connectivity index (χ2v) is 11.9. The third-order valence-corrected chi connectivity index (χ3v) is 8.79.